The van der Waals surface area contributed by atoms with Gasteiger partial charge in [0.25, 0.3) is 5.91 Å². The first-order valence-corrected chi connectivity index (χ1v) is 9.65. The number of para-hydroxylation sites is 1. The standard InChI is InChI=1S/C17H22N4O4S/c1-19-8-10-21(11-9-19)17(22)15-12-14(18-26(23,24)20(15)2)13-6-4-5-7-16(13)25-3/h4-7,12H,8-11H2,1-3H3. The summed E-state index contributed by atoms with van der Waals surface area (Å²) in [5, 5.41) is 0. The van der Waals surface area contributed by atoms with E-state index in [0.29, 0.717) is 24.4 Å². The molecule has 0 spiro atoms. The number of carbonyl (C=O) groups is 1. The lowest BCUT2D eigenvalue weighted by Crippen LogP contribution is -2.49. The molecule has 0 aliphatic carbocycles. The molecular formula is C17H22N4O4S. The van der Waals surface area contributed by atoms with E-state index in [1.165, 1.54) is 20.2 Å². The van der Waals surface area contributed by atoms with Crippen LogP contribution >= 0.6 is 0 Å². The maximum atomic E-state index is 12.9. The van der Waals surface area contributed by atoms with Gasteiger partial charge in [0.15, 0.2) is 0 Å². The van der Waals surface area contributed by atoms with Crippen LogP contribution in [0.15, 0.2) is 40.4 Å². The fraction of sp³-hybridized carbons (Fsp3) is 0.412. The van der Waals surface area contributed by atoms with Crippen LogP contribution in [0.25, 0.3) is 0 Å². The van der Waals surface area contributed by atoms with E-state index in [0.717, 1.165) is 17.4 Å². The number of likely N-dealkylation sites (N-methyl/N-ethyl adjacent to an activating group) is 2. The monoisotopic (exact) mass is 378 g/mol. The Hall–Kier alpha value is -2.39. The second-order valence-electron chi connectivity index (χ2n) is 6.25. The maximum Gasteiger partial charge on any atom is 0.345 e. The predicted molar refractivity (Wildman–Crippen MR) is 98.4 cm³/mol. The van der Waals surface area contributed by atoms with E-state index in [1.807, 2.05) is 7.05 Å². The molecule has 1 fully saturated rings. The predicted octanol–water partition coefficient (Wildman–Crippen LogP) is 0.332. The number of hydrogen-bond acceptors (Lipinski definition) is 5. The van der Waals surface area contributed by atoms with Crippen molar-refractivity contribution < 1.29 is 17.9 Å². The highest BCUT2D eigenvalue weighted by atomic mass is 32.2. The molecule has 9 heteroatoms. The summed E-state index contributed by atoms with van der Waals surface area (Å²) in [6.07, 6.45) is 1.51. The Kier molecular flexibility index (Phi) is 5.01. The summed E-state index contributed by atoms with van der Waals surface area (Å²) in [6.45, 7) is 2.62. The molecule has 2 aliphatic rings. The van der Waals surface area contributed by atoms with Crippen LogP contribution in [0.2, 0.25) is 0 Å². The Bertz CT molecular complexity index is 871. The molecule has 1 amide bonds. The van der Waals surface area contributed by atoms with Crippen LogP contribution in [-0.2, 0) is 15.0 Å². The highest BCUT2D eigenvalue weighted by Gasteiger charge is 2.33. The number of nitrogens with zero attached hydrogens (tertiary/aromatic N) is 4. The molecule has 1 saturated heterocycles. The molecule has 2 heterocycles. The summed E-state index contributed by atoms with van der Waals surface area (Å²) < 4.78 is 35.1. The summed E-state index contributed by atoms with van der Waals surface area (Å²) in [7, 11) is 0.851. The highest BCUT2D eigenvalue weighted by Crippen LogP contribution is 2.26. The largest absolute Gasteiger partial charge is 0.496 e. The van der Waals surface area contributed by atoms with Gasteiger partial charge in [0, 0.05) is 38.8 Å². The molecule has 0 radical (unpaired) electrons. The molecule has 26 heavy (non-hydrogen) atoms. The van der Waals surface area contributed by atoms with Crippen LogP contribution in [0.1, 0.15) is 5.56 Å². The Morgan fingerprint density at radius 3 is 2.42 bits per heavy atom. The van der Waals surface area contributed by atoms with E-state index < -0.39 is 10.2 Å². The topological polar surface area (TPSA) is 82.5 Å². The van der Waals surface area contributed by atoms with Crippen molar-refractivity contribution in [2.24, 2.45) is 4.40 Å². The second-order valence-corrected chi connectivity index (χ2v) is 7.87. The lowest BCUT2D eigenvalue weighted by Gasteiger charge is -2.34. The number of benzene rings is 1. The molecule has 1 aromatic rings. The number of carbonyl (C=O) groups excluding carboxylic acids is 1. The summed E-state index contributed by atoms with van der Waals surface area (Å²) in [5.74, 6) is 0.181. The minimum absolute atomic E-state index is 0.0884. The first-order chi connectivity index (χ1) is 12.3. The van der Waals surface area contributed by atoms with Crippen LogP contribution in [0, 0.1) is 0 Å². The van der Waals surface area contributed by atoms with Crippen molar-refractivity contribution >= 4 is 21.8 Å². The van der Waals surface area contributed by atoms with E-state index in [-0.39, 0.29) is 17.3 Å². The molecule has 3 rings (SSSR count). The van der Waals surface area contributed by atoms with Gasteiger partial charge in [-0.05, 0) is 25.3 Å². The van der Waals surface area contributed by atoms with E-state index in [9.17, 15) is 13.2 Å². The van der Waals surface area contributed by atoms with Crippen molar-refractivity contribution in [3.05, 3.63) is 41.6 Å². The van der Waals surface area contributed by atoms with Gasteiger partial charge in [0.2, 0.25) is 0 Å². The molecule has 0 N–H and O–H groups in total. The van der Waals surface area contributed by atoms with E-state index >= 15 is 0 Å². The van der Waals surface area contributed by atoms with Gasteiger partial charge in [-0.3, -0.25) is 4.79 Å². The molecule has 0 aromatic heterocycles. The smallest absolute Gasteiger partial charge is 0.345 e. The number of hydrogen-bond donors (Lipinski definition) is 0. The van der Waals surface area contributed by atoms with Gasteiger partial charge < -0.3 is 14.5 Å². The van der Waals surface area contributed by atoms with Crippen molar-refractivity contribution in [1.29, 1.82) is 0 Å². The minimum atomic E-state index is -3.99. The number of allylic oxidation sites excluding steroid dienone is 1. The molecule has 140 valence electrons. The van der Waals surface area contributed by atoms with Crippen LogP contribution in [0.4, 0.5) is 0 Å². The average molecular weight is 378 g/mol. The van der Waals surface area contributed by atoms with Crippen LogP contribution in [0.3, 0.4) is 0 Å². The zero-order chi connectivity index (χ0) is 18.9. The summed E-state index contributed by atoms with van der Waals surface area (Å²) in [6, 6.07) is 6.99. The number of ether oxygens (including phenoxy) is 1. The Morgan fingerprint density at radius 2 is 1.77 bits per heavy atom. The SMILES string of the molecule is COc1ccccc1C1=NS(=O)(=O)N(C)C(C(=O)N2CCN(C)CC2)=C1. The van der Waals surface area contributed by atoms with Crippen LogP contribution in [0.5, 0.6) is 5.75 Å². The summed E-state index contributed by atoms with van der Waals surface area (Å²) >= 11 is 0. The molecular weight excluding hydrogens is 356 g/mol. The first kappa shape index (κ1) is 18.4. The molecule has 2 aliphatic heterocycles. The Labute approximate surface area is 153 Å². The van der Waals surface area contributed by atoms with Crippen molar-refractivity contribution in [3.8, 4) is 5.75 Å². The third-order valence-electron chi connectivity index (χ3n) is 4.57. The number of amides is 1. The van der Waals surface area contributed by atoms with Gasteiger partial charge in [0.05, 0.1) is 12.8 Å². The van der Waals surface area contributed by atoms with E-state index in [2.05, 4.69) is 9.30 Å². The quantitative estimate of drug-likeness (QED) is 0.757. The number of piperazine rings is 1. The molecule has 0 bridgehead atoms. The van der Waals surface area contributed by atoms with Crippen molar-refractivity contribution in [2.75, 3.05) is 47.4 Å². The van der Waals surface area contributed by atoms with Gasteiger partial charge in [0.1, 0.15) is 11.4 Å². The van der Waals surface area contributed by atoms with Gasteiger partial charge in [-0.15, -0.1) is 4.40 Å². The minimum Gasteiger partial charge on any atom is -0.496 e. The molecule has 8 nitrogen and oxygen atoms in total. The van der Waals surface area contributed by atoms with Crippen LogP contribution < -0.4 is 4.74 Å². The third kappa shape index (κ3) is 3.45. The average Bonchev–Trinajstić information content (AvgIpc) is 2.63. The van der Waals surface area contributed by atoms with E-state index in [1.54, 1.807) is 29.2 Å². The first-order valence-electron chi connectivity index (χ1n) is 8.25. The van der Waals surface area contributed by atoms with E-state index in [4.69, 9.17) is 4.74 Å². The molecule has 0 atom stereocenters. The molecule has 1 aromatic carbocycles. The number of rotatable bonds is 3. The highest BCUT2D eigenvalue weighted by molar-refractivity contribution is 7.88. The molecule has 0 unspecified atom stereocenters. The van der Waals surface area contributed by atoms with Gasteiger partial charge >= 0.3 is 10.2 Å². The lowest BCUT2D eigenvalue weighted by atomic mass is 10.1. The Balaban J connectivity index is 2.00. The lowest BCUT2D eigenvalue weighted by molar-refractivity contribution is -0.129. The Morgan fingerprint density at radius 1 is 1.12 bits per heavy atom. The molecule has 0 saturated carbocycles. The zero-order valence-electron chi connectivity index (χ0n) is 15.0. The fourth-order valence-electron chi connectivity index (χ4n) is 2.91. The number of methoxy groups -OCH3 is 1. The normalized spacial score (nSPS) is 20.4. The van der Waals surface area contributed by atoms with Gasteiger partial charge in [-0.2, -0.15) is 8.42 Å². The van der Waals surface area contributed by atoms with Crippen molar-refractivity contribution in [2.45, 2.75) is 0 Å². The second kappa shape index (κ2) is 7.08. The maximum absolute atomic E-state index is 12.9. The fourth-order valence-corrected chi connectivity index (χ4v) is 3.81. The van der Waals surface area contributed by atoms with Gasteiger partial charge in [-0.1, -0.05) is 12.1 Å². The van der Waals surface area contributed by atoms with Crippen molar-refractivity contribution in [3.63, 3.8) is 0 Å². The third-order valence-corrected chi connectivity index (χ3v) is 5.88. The van der Waals surface area contributed by atoms with Gasteiger partial charge in [-0.25, -0.2) is 4.31 Å². The summed E-state index contributed by atoms with van der Waals surface area (Å²) in [5.41, 5.74) is 0.804. The van der Waals surface area contributed by atoms with Crippen molar-refractivity contribution in [1.82, 2.24) is 14.1 Å². The van der Waals surface area contributed by atoms with Crippen LogP contribution in [-0.4, -0.2) is 81.5 Å². The zero-order valence-corrected chi connectivity index (χ0v) is 15.9. The summed E-state index contributed by atoms with van der Waals surface area (Å²) in [4.78, 5) is 16.7.